The third-order valence-electron chi connectivity index (χ3n) is 3.35. The molecule has 0 bridgehead atoms. The van der Waals surface area contributed by atoms with Crippen LogP contribution in [-0.4, -0.2) is 45.4 Å². The summed E-state index contributed by atoms with van der Waals surface area (Å²) in [7, 11) is 0. The molecule has 0 spiro atoms. The normalized spacial score (nSPS) is 19.5. The predicted molar refractivity (Wildman–Crippen MR) is 66.1 cm³/mol. The van der Waals surface area contributed by atoms with Crippen LogP contribution >= 0.6 is 0 Å². The second kappa shape index (κ2) is 4.83. The van der Waals surface area contributed by atoms with E-state index in [1.807, 2.05) is 13.8 Å². The van der Waals surface area contributed by atoms with Gasteiger partial charge < -0.3 is 4.90 Å². The van der Waals surface area contributed by atoms with Gasteiger partial charge in [-0.1, -0.05) is 0 Å². The number of amides is 3. The summed E-state index contributed by atoms with van der Waals surface area (Å²) in [6.07, 6.45) is 0.138. The van der Waals surface area contributed by atoms with Gasteiger partial charge >= 0.3 is 0 Å². The third-order valence-corrected chi connectivity index (χ3v) is 3.35. The third kappa shape index (κ3) is 2.49. The van der Waals surface area contributed by atoms with Gasteiger partial charge in [0.1, 0.15) is 12.6 Å². The summed E-state index contributed by atoms with van der Waals surface area (Å²) < 4.78 is 0. The van der Waals surface area contributed by atoms with Crippen LogP contribution in [-0.2, 0) is 20.8 Å². The van der Waals surface area contributed by atoms with Crippen LogP contribution in [0.1, 0.15) is 23.9 Å². The Morgan fingerprint density at radius 3 is 2.68 bits per heavy atom. The number of hydrogen-bond donors (Lipinski definition) is 2. The zero-order chi connectivity index (χ0) is 14.2. The van der Waals surface area contributed by atoms with E-state index in [9.17, 15) is 14.4 Å². The van der Waals surface area contributed by atoms with Crippen molar-refractivity contribution in [1.82, 2.24) is 20.4 Å². The Hall–Kier alpha value is -2.18. The Balaban J connectivity index is 2.15. The van der Waals surface area contributed by atoms with Crippen molar-refractivity contribution in [2.75, 3.05) is 6.54 Å². The van der Waals surface area contributed by atoms with Crippen LogP contribution in [0.2, 0.25) is 0 Å². The van der Waals surface area contributed by atoms with Crippen molar-refractivity contribution in [3.8, 4) is 0 Å². The minimum Gasteiger partial charge on any atom is -0.321 e. The standard InChI is InChI=1S/C12H16N4O3/c1-6-9(7(2)15-14-6)4-11(18)16-5-10(17)13-12(19)8(16)3/h8H,4-5H2,1-3H3,(H,14,15)(H,13,17,19). The highest BCUT2D eigenvalue weighted by Crippen LogP contribution is 2.14. The van der Waals surface area contributed by atoms with Crippen molar-refractivity contribution < 1.29 is 14.4 Å². The maximum absolute atomic E-state index is 12.2. The van der Waals surface area contributed by atoms with E-state index in [4.69, 9.17) is 0 Å². The number of aromatic amines is 1. The van der Waals surface area contributed by atoms with Gasteiger partial charge in [-0.2, -0.15) is 5.10 Å². The van der Waals surface area contributed by atoms with Crippen LogP contribution in [0.4, 0.5) is 0 Å². The van der Waals surface area contributed by atoms with Gasteiger partial charge in [-0.05, 0) is 20.8 Å². The molecule has 1 unspecified atom stereocenters. The molecule has 1 aromatic rings. The summed E-state index contributed by atoms with van der Waals surface area (Å²) in [4.78, 5) is 36.4. The average molecular weight is 264 g/mol. The summed E-state index contributed by atoms with van der Waals surface area (Å²) in [6, 6.07) is -0.627. The van der Waals surface area contributed by atoms with Crippen molar-refractivity contribution in [3.05, 3.63) is 17.0 Å². The van der Waals surface area contributed by atoms with Gasteiger partial charge in [0.25, 0.3) is 0 Å². The Labute approximate surface area is 110 Å². The molecule has 1 atom stereocenters. The number of carbonyl (C=O) groups excluding carboxylic acids is 3. The predicted octanol–water partition coefficient (Wildman–Crippen LogP) is -0.557. The van der Waals surface area contributed by atoms with Gasteiger partial charge in [-0.3, -0.25) is 24.8 Å². The van der Waals surface area contributed by atoms with Gasteiger partial charge in [-0.25, -0.2) is 0 Å². The first-order valence-corrected chi connectivity index (χ1v) is 6.03. The molecule has 0 aliphatic carbocycles. The smallest absolute Gasteiger partial charge is 0.249 e. The molecule has 1 saturated heterocycles. The molecule has 3 amide bonds. The monoisotopic (exact) mass is 264 g/mol. The van der Waals surface area contributed by atoms with Crippen LogP contribution in [0, 0.1) is 13.8 Å². The molecule has 1 aliphatic heterocycles. The molecule has 7 nitrogen and oxygen atoms in total. The molecule has 0 aromatic carbocycles. The summed E-state index contributed by atoms with van der Waals surface area (Å²) in [5, 5.41) is 9.03. The van der Waals surface area contributed by atoms with E-state index in [1.165, 1.54) is 4.90 Å². The Bertz CT molecular complexity index is 530. The van der Waals surface area contributed by atoms with Gasteiger partial charge in [0.15, 0.2) is 0 Å². The molecule has 1 fully saturated rings. The SMILES string of the molecule is Cc1n[nH]c(C)c1CC(=O)N1CC(=O)NC(=O)C1C. The van der Waals surface area contributed by atoms with Crippen LogP contribution in [0.25, 0.3) is 0 Å². The van der Waals surface area contributed by atoms with E-state index in [0.29, 0.717) is 0 Å². The number of nitrogens with zero attached hydrogens (tertiary/aromatic N) is 2. The number of aryl methyl sites for hydroxylation is 2. The first-order valence-electron chi connectivity index (χ1n) is 6.03. The highest BCUT2D eigenvalue weighted by atomic mass is 16.2. The summed E-state index contributed by atoms with van der Waals surface area (Å²) in [5.41, 5.74) is 2.40. The number of carbonyl (C=O) groups is 3. The summed E-state index contributed by atoms with van der Waals surface area (Å²) in [5.74, 6) is -1.13. The molecule has 2 rings (SSSR count). The molecule has 1 aromatic heterocycles. The number of H-pyrrole nitrogens is 1. The Morgan fingerprint density at radius 1 is 1.42 bits per heavy atom. The number of piperazine rings is 1. The number of rotatable bonds is 2. The summed E-state index contributed by atoms with van der Waals surface area (Å²) in [6.45, 7) is 5.17. The van der Waals surface area contributed by atoms with Crippen molar-refractivity contribution in [2.24, 2.45) is 0 Å². The second-order valence-corrected chi connectivity index (χ2v) is 4.70. The van der Waals surface area contributed by atoms with Crippen LogP contribution in [0.15, 0.2) is 0 Å². The molecule has 2 N–H and O–H groups in total. The highest BCUT2D eigenvalue weighted by molar-refractivity contribution is 6.04. The Morgan fingerprint density at radius 2 is 2.11 bits per heavy atom. The maximum Gasteiger partial charge on any atom is 0.249 e. The fourth-order valence-corrected chi connectivity index (χ4v) is 2.11. The van der Waals surface area contributed by atoms with E-state index in [-0.39, 0.29) is 18.9 Å². The topological polar surface area (TPSA) is 95.2 Å². The molecule has 1 aliphatic rings. The first kappa shape index (κ1) is 13.3. The van der Waals surface area contributed by atoms with Gasteiger partial charge in [-0.15, -0.1) is 0 Å². The minimum absolute atomic E-state index is 0.0817. The first-order chi connectivity index (χ1) is 8.90. The fourth-order valence-electron chi connectivity index (χ4n) is 2.11. The van der Waals surface area contributed by atoms with Crippen molar-refractivity contribution in [3.63, 3.8) is 0 Å². The lowest BCUT2D eigenvalue weighted by atomic mass is 10.1. The molecule has 19 heavy (non-hydrogen) atoms. The molecule has 0 radical (unpaired) electrons. The lowest BCUT2D eigenvalue weighted by Gasteiger charge is -2.31. The van der Waals surface area contributed by atoms with E-state index in [0.717, 1.165) is 17.0 Å². The quantitative estimate of drug-likeness (QED) is 0.700. The van der Waals surface area contributed by atoms with Crippen LogP contribution in [0.3, 0.4) is 0 Å². The molecule has 2 heterocycles. The number of nitrogens with one attached hydrogen (secondary N) is 2. The van der Waals surface area contributed by atoms with E-state index in [2.05, 4.69) is 15.5 Å². The minimum atomic E-state index is -0.627. The van der Waals surface area contributed by atoms with Gasteiger partial charge in [0, 0.05) is 11.3 Å². The number of aromatic nitrogens is 2. The van der Waals surface area contributed by atoms with Gasteiger partial charge in [0.05, 0.1) is 12.1 Å². The van der Waals surface area contributed by atoms with E-state index < -0.39 is 17.9 Å². The second-order valence-electron chi connectivity index (χ2n) is 4.70. The zero-order valence-electron chi connectivity index (χ0n) is 11.1. The maximum atomic E-state index is 12.2. The lowest BCUT2D eigenvalue weighted by Crippen LogP contribution is -2.58. The van der Waals surface area contributed by atoms with Crippen LogP contribution < -0.4 is 5.32 Å². The fraction of sp³-hybridized carbons (Fsp3) is 0.500. The van der Waals surface area contributed by atoms with Crippen molar-refractivity contribution in [2.45, 2.75) is 33.2 Å². The molecular weight excluding hydrogens is 248 g/mol. The van der Waals surface area contributed by atoms with Crippen molar-refractivity contribution in [1.29, 1.82) is 0 Å². The van der Waals surface area contributed by atoms with Crippen LogP contribution in [0.5, 0.6) is 0 Å². The molecule has 0 saturated carbocycles. The highest BCUT2D eigenvalue weighted by Gasteiger charge is 2.33. The largest absolute Gasteiger partial charge is 0.321 e. The summed E-state index contributed by atoms with van der Waals surface area (Å²) >= 11 is 0. The molecule has 102 valence electrons. The van der Waals surface area contributed by atoms with E-state index in [1.54, 1.807) is 6.92 Å². The molecule has 7 heteroatoms. The zero-order valence-corrected chi connectivity index (χ0v) is 11.1. The molecular formula is C12H16N4O3. The lowest BCUT2D eigenvalue weighted by molar-refractivity contribution is -0.149. The number of imide groups is 1. The van der Waals surface area contributed by atoms with E-state index >= 15 is 0 Å². The average Bonchev–Trinajstić information content (AvgIpc) is 2.65. The van der Waals surface area contributed by atoms with Gasteiger partial charge in [0.2, 0.25) is 17.7 Å². The Kier molecular flexibility index (Phi) is 3.37. The number of hydrogen-bond acceptors (Lipinski definition) is 4. The van der Waals surface area contributed by atoms with Crippen molar-refractivity contribution >= 4 is 17.7 Å².